The molecule has 0 saturated carbocycles. The number of hydrogen-bond acceptors (Lipinski definition) is 6. The molecular formula is C19H22F2N6O2S. The summed E-state index contributed by atoms with van der Waals surface area (Å²) in [6.07, 6.45) is -0.476. The van der Waals surface area contributed by atoms with Crippen LogP contribution in [0.4, 0.5) is 14.6 Å². The van der Waals surface area contributed by atoms with Gasteiger partial charge in [-0.15, -0.1) is 0 Å². The lowest BCUT2D eigenvalue weighted by atomic mass is 10.2. The van der Waals surface area contributed by atoms with Gasteiger partial charge < -0.3 is 20.3 Å². The van der Waals surface area contributed by atoms with E-state index in [1.165, 1.54) is 11.1 Å². The standard InChI is InChI=1S/C19H22F2N6O2S/c1-10(2)29-14-9-24-13(8-12(14)15(20)21)16(22)25-19(30)26-17-11(6-5-7-23-17)18(28)27(3)4/h5-10,15H,1-4H3,(H3,22,23,25,26,30). The number of halogens is 2. The molecule has 0 fully saturated rings. The molecule has 0 spiro atoms. The van der Waals surface area contributed by atoms with E-state index in [9.17, 15) is 13.6 Å². The van der Waals surface area contributed by atoms with Crippen LogP contribution in [0.3, 0.4) is 0 Å². The lowest BCUT2D eigenvalue weighted by Crippen LogP contribution is -2.35. The largest absolute Gasteiger partial charge is 0.489 e. The Balaban J connectivity index is 2.16. The molecule has 0 radical (unpaired) electrons. The zero-order valence-electron chi connectivity index (χ0n) is 16.9. The van der Waals surface area contributed by atoms with Gasteiger partial charge in [0.05, 0.1) is 23.4 Å². The molecule has 11 heteroatoms. The molecule has 0 aliphatic rings. The van der Waals surface area contributed by atoms with Crippen molar-refractivity contribution < 1.29 is 18.3 Å². The van der Waals surface area contributed by atoms with Gasteiger partial charge in [-0.2, -0.15) is 0 Å². The maximum absolute atomic E-state index is 13.4. The van der Waals surface area contributed by atoms with Crippen LogP contribution >= 0.6 is 12.2 Å². The van der Waals surface area contributed by atoms with E-state index in [4.69, 9.17) is 22.4 Å². The van der Waals surface area contributed by atoms with Crippen LogP contribution in [0.25, 0.3) is 0 Å². The number of amidine groups is 1. The third kappa shape index (κ3) is 5.89. The smallest absolute Gasteiger partial charge is 0.267 e. The lowest BCUT2D eigenvalue weighted by Gasteiger charge is -2.17. The summed E-state index contributed by atoms with van der Waals surface area (Å²) < 4.78 is 32.1. The van der Waals surface area contributed by atoms with E-state index >= 15 is 0 Å². The van der Waals surface area contributed by atoms with Crippen molar-refractivity contribution in [1.29, 1.82) is 5.41 Å². The van der Waals surface area contributed by atoms with Gasteiger partial charge in [-0.25, -0.2) is 18.7 Å². The van der Waals surface area contributed by atoms with Gasteiger partial charge in [0.15, 0.2) is 10.9 Å². The fourth-order valence-corrected chi connectivity index (χ4v) is 2.55. The van der Waals surface area contributed by atoms with Crippen molar-refractivity contribution in [3.05, 3.63) is 47.4 Å². The molecule has 8 nitrogen and oxygen atoms in total. The number of rotatable bonds is 6. The molecule has 0 unspecified atom stereocenters. The number of ether oxygens (including phenoxy) is 1. The Kier molecular flexibility index (Phi) is 7.70. The second-order valence-electron chi connectivity index (χ2n) is 6.63. The summed E-state index contributed by atoms with van der Waals surface area (Å²) in [6, 6.07) is 4.26. The topological polar surface area (TPSA) is 103 Å². The Bertz CT molecular complexity index is 952. The lowest BCUT2D eigenvalue weighted by molar-refractivity contribution is 0.0828. The van der Waals surface area contributed by atoms with Crippen molar-refractivity contribution in [1.82, 2.24) is 20.2 Å². The first-order valence-electron chi connectivity index (χ1n) is 8.88. The number of carbonyl (C=O) groups excluding carboxylic acids is 1. The normalized spacial score (nSPS) is 10.7. The minimum absolute atomic E-state index is 0.0439. The predicted molar refractivity (Wildman–Crippen MR) is 113 cm³/mol. The summed E-state index contributed by atoms with van der Waals surface area (Å²) in [6.45, 7) is 3.42. The highest BCUT2D eigenvalue weighted by Gasteiger charge is 2.19. The first-order chi connectivity index (χ1) is 14.1. The Morgan fingerprint density at radius 3 is 2.60 bits per heavy atom. The van der Waals surface area contributed by atoms with E-state index in [1.807, 2.05) is 0 Å². The molecule has 0 aliphatic carbocycles. The molecule has 0 aliphatic heterocycles. The molecule has 0 saturated heterocycles. The number of nitrogens with zero attached hydrogens (tertiary/aromatic N) is 3. The first-order valence-corrected chi connectivity index (χ1v) is 9.29. The van der Waals surface area contributed by atoms with Crippen molar-refractivity contribution in [2.24, 2.45) is 0 Å². The number of thiocarbonyl (C=S) groups is 1. The molecular weight excluding hydrogens is 414 g/mol. The summed E-state index contributed by atoms with van der Waals surface area (Å²) >= 11 is 5.16. The van der Waals surface area contributed by atoms with Crippen LogP contribution in [-0.4, -0.2) is 51.9 Å². The van der Waals surface area contributed by atoms with Crippen LogP contribution in [0, 0.1) is 5.41 Å². The molecule has 2 rings (SSSR count). The van der Waals surface area contributed by atoms with Crippen LogP contribution in [0.15, 0.2) is 30.6 Å². The van der Waals surface area contributed by atoms with Gasteiger partial charge in [0.25, 0.3) is 12.3 Å². The van der Waals surface area contributed by atoms with Gasteiger partial charge in [-0.3, -0.25) is 10.2 Å². The van der Waals surface area contributed by atoms with Crippen molar-refractivity contribution in [3.8, 4) is 5.75 Å². The third-order valence-corrected chi connectivity index (χ3v) is 3.87. The number of amides is 1. The zero-order chi connectivity index (χ0) is 22.4. The molecule has 0 atom stereocenters. The summed E-state index contributed by atoms with van der Waals surface area (Å²) in [4.78, 5) is 21.7. The van der Waals surface area contributed by atoms with Crippen molar-refractivity contribution >= 4 is 34.9 Å². The van der Waals surface area contributed by atoms with Crippen LogP contribution in [-0.2, 0) is 0 Å². The summed E-state index contributed by atoms with van der Waals surface area (Å²) in [5, 5.41) is 13.4. The Labute approximate surface area is 178 Å². The monoisotopic (exact) mass is 436 g/mol. The van der Waals surface area contributed by atoms with Gasteiger partial charge in [-0.05, 0) is 44.3 Å². The molecule has 30 heavy (non-hydrogen) atoms. The van der Waals surface area contributed by atoms with Gasteiger partial charge in [-0.1, -0.05) is 0 Å². The maximum atomic E-state index is 13.4. The van der Waals surface area contributed by atoms with Crippen LogP contribution in [0.5, 0.6) is 5.75 Å². The Morgan fingerprint density at radius 1 is 1.30 bits per heavy atom. The molecule has 0 bridgehead atoms. The molecule has 2 aromatic heterocycles. The Hall–Kier alpha value is -3.21. The molecule has 160 valence electrons. The summed E-state index contributed by atoms with van der Waals surface area (Å²) in [5.41, 5.74) is -0.134. The number of anilines is 1. The third-order valence-electron chi connectivity index (χ3n) is 3.67. The van der Waals surface area contributed by atoms with Gasteiger partial charge in [0.2, 0.25) is 0 Å². The average Bonchev–Trinajstić information content (AvgIpc) is 2.67. The van der Waals surface area contributed by atoms with Crippen molar-refractivity contribution in [3.63, 3.8) is 0 Å². The highest BCUT2D eigenvalue weighted by atomic mass is 32.1. The second-order valence-corrected chi connectivity index (χ2v) is 7.04. The van der Waals surface area contributed by atoms with E-state index in [2.05, 4.69) is 20.6 Å². The number of nitrogens with one attached hydrogen (secondary N) is 3. The fourth-order valence-electron chi connectivity index (χ4n) is 2.35. The number of carbonyl (C=O) groups is 1. The van der Waals surface area contributed by atoms with Gasteiger partial charge in [0, 0.05) is 20.3 Å². The molecule has 2 heterocycles. The number of pyridine rings is 2. The van der Waals surface area contributed by atoms with E-state index in [0.717, 1.165) is 12.3 Å². The molecule has 2 aromatic rings. The predicted octanol–water partition coefficient (Wildman–Crippen LogP) is 3.22. The van der Waals surface area contributed by atoms with Gasteiger partial charge >= 0.3 is 0 Å². The molecule has 0 aromatic carbocycles. The van der Waals surface area contributed by atoms with Gasteiger partial charge in [0.1, 0.15) is 17.3 Å². The average molecular weight is 436 g/mol. The van der Waals surface area contributed by atoms with E-state index in [-0.39, 0.29) is 51.3 Å². The van der Waals surface area contributed by atoms with E-state index in [1.54, 1.807) is 40.1 Å². The molecule has 3 N–H and O–H groups in total. The maximum Gasteiger partial charge on any atom is 0.267 e. The first kappa shape index (κ1) is 23.1. The van der Waals surface area contributed by atoms with Crippen molar-refractivity contribution in [2.75, 3.05) is 19.4 Å². The second kappa shape index (κ2) is 10.0. The van der Waals surface area contributed by atoms with Crippen LogP contribution in [0.1, 0.15) is 41.9 Å². The number of aromatic nitrogens is 2. The molecule has 1 amide bonds. The van der Waals surface area contributed by atoms with E-state index in [0.29, 0.717) is 0 Å². The summed E-state index contributed by atoms with van der Waals surface area (Å²) in [7, 11) is 3.20. The van der Waals surface area contributed by atoms with E-state index < -0.39 is 6.43 Å². The summed E-state index contributed by atoms with van der Waals surface area (Å²) in [5.74, 6) is -0.435. The number of alkyl halides is 2. The zero-order valence-corrected chi connectivity index (χ0v) is 17.7. The van der Waals surface area contributed by atoms with Crippen LogP contribution in [0.2, 0.25) is 0 Å². The fraction of sp³-hybridized carbons (Fsp3) is 0.316. The Morgan fingerprint density at radius 2 is 2.00 bits per heavy atom. The minimum Gasteiger partial charge on any atom is -0.489 e. The minimum atomic E-state index is -2.80. The highest BCUT2D eigenvalue weighted by molar-refractivity contribution is 7.80. The number of hydrogen-bond donors (Lipinski definition) is 3. The highest BCUT2D eigenvalue weighted by Crippen LogP contribution is 2.29. The SMILES string of the molecule is CC(C)Oc1cnc(C(=N)NC(=S)Nc2ncccc2C(=O)N(C)C)cc1C(F)F. The van der Waals surface area contributed by atoms with Crippen LogP contribution < -0.4 is 15.4 Å². The van der Waals surface area contributed by atoms with Crippen molar-refractivity contribution in [2.45, 2.75) is 26.4 Å². The quantitative estimate of drug-likeness (QED) is 0.363.